The first-order valence-corrected chi connectivity index (χ1v) is 8.68. The van der Waals surface area contributed by atoms with E-state index < -0.39 is 11.7 Å². The molecule has 7 heteroatoms. The van der Waals surface area contributed by atoms with Crippen LogP contribution < -0.4 is 5.32 Å². The summed E-state index contributed by atoms with van der Waals surface area (Å²) in [6.07, 6.45) is 0. The second-order valence-electron chi connectivity index (χ2n) is 5.79. The minimum atomic E-state index is -0.473. The second kappa shape index (κ2) is 7.02. The van der Waals surface area contributed by atoms with Crippen molar-refractivity contribution < 1.29 is 13.6 Å². The number of fused-ring (bicyclic) bond motifs is 1. The van der Waals surface area contributed by atoms with Crippen molar-refractivity contribution in [3.8, 4) is 11.5 Å². The molecule has 27 heavy (non-hydrogen) atoms. The number of halogens is 3. The number of anilines is 1. The lowest BCUT2D eigenvalue weighted by Crippen LogP contribution is -2.11. The van der Waals surface area contributed by atoms with E-state index in [4.69, 9.17) is 27.6 Å². The number of hydrogen-bond donors (Lipinski definition) is 1. The van der Waals surface area contributed by atoms with Gasteiger partial charge in [0.1, 0.15) is 11.3 Å². The van der Waals surface area contributed by atoms with Crippen LogP contribution in [0.1, 0.15) is 10.4 Å². The third kappa shape index (κ3) is 3.65. The van der Waals surface area contributed by atoms with Crippen molar-refractivity contribution in [1.29, 1.82) is 0 Å². The quantitative estimate of drug-likeness (QED) is 0.445. The normalized spacial score (nSPS) is 10.9. The van der Waals surface area contributed by atoms with E-state index in [1.165, 1.54) is 24.3 Å². The second-order valence-corrected chi connectivity index (χ2v) is 6.63. The van der Waals surface area contributed by atoms with Crippen molar-refractivity contribution >= 4 is 45.9 Å². The van der Waals surface area contributed by atoms with E-state index in [1.54, 1.807) is 36.4 Å². The maximum Gasteiger partial charge on any atom is 0.255 e. The van der Waals surface area contributed by atoms with Gasteiger partial charge in [0, 0.05) is 16.3 Å². The number of rotatable bonds is 3. The molecular weight excluding hydrogens is 390 g/mol. The van der Waals surface area contributed by atoms with E-state index >= 15 is 0 Å². The molecule has 4 aromatic rings. The van der Waals surface area contributed by atoms with Gasteiger partial charge in [-0.2, -0.15) is 0 Å². The zero-order valence-corrected chi connectivity index (χ0v) is 15.2. The molecule has 0 aliphatic rings. The van der Waals surface area contributed by atoms with Gasteiger partial charge < -0.3 is 9.73 Å². The van der Waals surface area contributed by atoms with Gasteiger partial charge >= 0.3 is 0 Å². The number of carbonyl (C=O) groups excluding carboxylic acids is 1. The molecule has 0 saturated heterocycles. The Hall–Kier alpha value is -2.89. The molecule has 0 radical (unpaired) electrons. The van der Waals surface area contributed by atoms with E-state index in [9.17, 15) is 9.18 Å². The maximum absolute atomic E-state index is 13.3. The molecule has 0 fully saturated rings. The maximum atomic E-state index is 13.3. The SMILES string of the molecule is O=C(Nc1ccc2oc(-c3ccc(Cl)cc3Cl)nc2c1)c1cccc(F)c1. The van der Waals surface area contributed by atoms with Gasteiger partial charge in [0.05, 0.1) is 10.6 Å². The van der Waals surface area contributed by atoms with Gasteiger partial charge in [-0.05, 0) is 54.6 Å². The van der Waals surface area contributed by atoms with Gasteiger partial charge in [0.2, 0.25) is 5.89 Å². The average Bonchev–Trinajstić information content (AvgIpc) is 3.04. The van der Waals surface area contributed by atoms with Gasteiger partial charge in [-0.3, -0.25) is 4.79 Å². The lowest BCUT2D eigenvalue weighted by Gasteiger charge is -2.04. The van der Waals surface area contributed by atoms with Crippen LogP contribution in [-0.2, 0) is 0 Å². The summed E-state index contributed by atoms with van der Waals surface area (Å²) in [6, 6.07) is 15.5. The molecule has 134 valence electrons. The zero-order chi connectivity index (χ0) is 19.0. The minimum Gasteiger partial charge on any atom is -0.436 e. The first-order chi connectivity index (χ1) is 13.0. The van der Waals surface area contributed by atoms with Crippen molar-refractivity contribution in [3.63, 3.8) is 0 Å². The van der Waals surface area contributed by atoms with Crippen LogP contribution in [0.25, 0.3) is 22.6 Å². The van der Waals surface area contributed by atoms with Crippen molar-refractivity contribution in [3.05, 3.63) is 82.1 Å². The van der Waals surface area contributed by atoms with E-state index in [0.717, 1.165) is 0 Å². The Kier molecular flexibility index (Phi) is 4.56. The number of aromatic nitrogens is 1. The van der Waals surface area contributed by atoms with Gasteiger partial charge in [-0.25, -0.2) is 9.37 Å². The largest absolute Gasteiger partial charge is 0.436 e. The molecule has 0 bridgehead atoms. The molecule has 0 atom stereocenters. The van der Waals surface area contributed by atoms with Gasteiger partial charge in [0.25, 0.3) is 5.91 Å². The van der Waals surface area contributed by atoms with Crippen LogP contribution in [0.2, 0.25) is 10.0 Å². The number of nitrogens with zero attached hydrogens (tertiary/aromatic N) is 1. The Balaban J connectivity index is 1.64. The topological polar surface area (TPSA) is 55.1 Å². The van der Waals surface area contributed by atoms with Crippen molar-refractivity contribution in [1.82, 2.24) is 4.98 Å². The zero-order valence-electron chi connectivity index (χ0n) is 13.7. The summed E-state index contributed by atoms with van der Waals surface area (Å²) >= 11 is 12.1. The van der Waals surface area contributed by atoms with Crippen LogP contribution in [0.15, 0.2) is 65.1 Å². The summed E-state index contributed by atoms with van der Waals surface area (Å²) in [5.41, 5.74) is 2.44. The van der Waals surface area contributed by atoms with Crippen LogP contribution in [-0.4, -0.2) is 10.9 Å². The Bertz CT molecular complexity index is 1170. The molecule has 1 aromatic heterocycles. The summed E-state index contributed by atoms with van der Waals surface area (Å²) in [4.78, 5) is 16.7. The molecule has 4 rings (SSSR count). The van der Waals surface area contributed by atoms with E-state index in [1.807, 2.05) is 0 Å². The number of nitrogens with one attached hydrogen (secondary N) is 1. The number of hydrogen-bond acceptors (Lipinski definition) is 3. The molecule has 0 aliphatic heterocycles. The van der Waals surface area contributed by atoms with Crippen LogP contribution in [0.3, 0.4) is 0 Å². The Morgan fingerprint density at radius 3 is 2.67 bits per heavy atom. The van der Waals surface area contributed by atoms with Crippen LogP contribution in [0.4, 0.5) is 10.1 Å². The summed E-state index contributed by atoms with van der Waals surface area (Å²) in [7, 11) is 0. The highest BCUT2D eigenvalue weighted by Gasteiger charge is 2.13. The predicted molar refractivity (Wildman–Crippen MR) is 104 cm³/mol. The number of benzene rings is 3. The molecule has 0 spiro atoms. The Labute approximate surface area is 163 Å². The van der Waals surface area contributed by atoms with Gasteiger partial charge in [-0.1, -0.05) is 29.3 Å². The molecule has 0 aliphatic carbocycles. The van der Waals surface area contributed by atoms with Crippen molar-refractivity contribution in [2.45, 2.75) is 0 Å². The fourth-order valence-corrected chi connectivity index (χ4v) is 3.11. The molecular formula is C20H11Cl2FN2O2. The minimum absolute atomic E-state index is 0.226. The monoisotopic (exact) mass is 400 g/mol. The van der Waals surface area contributed by atoms with Crippen LogP contribution in [0, 0.1) is 5.82 Å². The number of carbonyl (C=O) groups is 1. The molecule has 1 heterocycles. The highest BCUT2D eigenvalue weighted by Crippen LogP contribution is 2.32. The van der Waals surface area contributed by atoms with E-state index in [0.29, 0.717) is 38.3 Å². The smallest absolute Gasteiger partial charge is 0.255 e. The van der Waals surface area contributed by atoms with Gasteiger partial charge in [0.15, 0.2) is 5.58 Å². The summed E-state index contributed by atoms with van der Waals surface area (Å²) < 4.78 is 19.0. The van der Waals surface area contributed by atoms with Crippen molar-refractivity contribution in [2.24, 2.45) is 0 Å². The first kappa shape index (κ1) is 17.5. The van der Waals surface area contributed by atoms with Crippen LogP contribution >= 0.6 is 23.2 Å². The summed E-state index contributed by atoms with van der Waals surface area (Å²) in [6.45, 7) is 0. The first-order valence-electron chi connectivity index (χ1n) is 7.92. The summed E-state index contributed by atoms with van der Waals surface area (Å²) in [5, 5.41) is 3.66. The number of oxazole rings is 1. The molecule has 4 nitrogen and oxygen atoms in total. The molecule has 3 aromatic carbocycles. The van der Waals surface area contributed by atoms with Crippen LogP contribution in [0.5, 0.6) is 0 Å². The number of amides is 1. The van der Waals surface area contributed by atoms with Gasteiger partial charge in [-0.15, -0.1) is 0 Å². The lowest BCUT2D eigenvalue weighted by molar-refractivity contribution is 0.102. The third-order valence-corrected chi connectivity index (χ3v) is 4.44. The van der Waals surface area contributed by atoms with Crippen molar-refractivity contribution in [2.75, 3.05) is 5.32 Å². The lowest BCUT2D eigenvalue weighted by atomic mass is 10.2. The standard InChI is InChI=1S/C20H11Cl2FN2O2/c21-12-4-6-15(16(22)9-12)20-25-17-10-14(5-7-18(17)27-20)24-19(26)11-2-1-3-13(23)8-11/h1-10H,(H,24,26). The highest BCUT2D eigenvalue weighted by atomic mass is 35.5. The highest BCUT2D eigenvalue weighted by molar-refractivity contribution is 6.36. The fourth-order valence-electron chi connectivity index (χ4n) is 2.62. The predicted octanol–water partition coefficient (Wildman–Crippen LogP) is 6.19. The Morgan fingerprint density at radius 2 is 1.89 bits per heavy atom. The molecule has 1 N–H and O–H groups in total. The Morgan fingerprint density at radius 1 is 1.04 bits per heavy atom. The molecule has 0 saturated carbocycles. The van der Waals surface area contributed by atoms with E-state index in [2.05, 4.69) is 10.3 Å². The average molecular weight is 401 g/mol. The van der Waals surface area contributed by atoms with E-state index in [-0.39, 0.29) is 5.56 Å². The molecule has 1 amide bonds. The third-order valence-electron chi connectivity index (χ3n) is 3.89. The summed E-state index contributed by atoms with van der Waals surface area (Å²) in [5.74, 6) is -0.544. The fraction of sp³-hybridized carbons (Fsp3) is 0. The molecule has 0 unspecified atom stereocenters.